The second-order valence-corrected chi connectivity index (χ2v) is 43.5. The molecular formula is C118H122N9O3Pt3-3. The molecule has 0 unspecified atom stereocenters. The van der Waals surface area contributed by atoms with Crippen molar-refractivity contribution in [1.82, 2.24) is 43.6 Å². The topological polar surface area (TPSA) is 153 Å². The van der Waals surface area contributed by atoms with Gasteiger partial charge in [-0.2, -0.15) is 0 Å². The van der Waals surface area contributed by atoms with Gasteiger partial charge in [-0.1, -0.05) is 279 Å². The van der Waals surface area contributed by atoms with E-state index in [2.05, 4.69) is 399 Å². The van der Waals surface area contributed by atoms with Crippen molar-refractivity contribution < 1.29 is 78.5 Å². The van der Waals surface area contributed by atoms with Gasteiger partial charge in [-0.25, -0.2) is 15.0 Å². The van der Waals surface area contributed by atoms with Crippen LogP contribution in [0.5, 0.6) is 17.2 Å². The van der Waals surface area contributed by atoms with Crippen LogP contribution in [-0.2, 0) is 107 Å². The molecule has 9 aromatic carbocycles. The minimum atomic E-state index is -0.249. The SMILES string of the molecule is CC(C)(C)c1ccnc(-c2[c-]c3c(cc2)c2ccccc2n3-c2cc(C(C)(C)C)cc(-c3cc(C(C)(C)C)cc(C(C)(C)C)c3O)n2)c1.CC(C)(C)c1ccnc(-c2[c-]c3c(cc2)c2ccccc2n3-c2cc(C(C)(C)C)cc(-c3ccccc3O)n2)c1.Cc1cc(C)c(O)c(-c2cc(C(C)(C)C)cc(-n3c4[c-]c(-c5cc(C(C)(C)C)ccn5)ccc4c4ccccc43)n2)c1.[Pt].[Pt].[Pt]. The van der Waals surface area contributed by atoms with E-state index in [0.29, 0.717) is 11.3 Å². The van der Waals surface area contributed by atoms with Crippen molar-refractivity contribution in [3.63, 3.8) is 0 Å². The van der Waals surface area contributed by atoms with Crippen LogP contribution in [0.4, 0.5) is 0 Å². The van der Waals surface area contributed by atoms with Crippen molar-refractivity contribution >= 4 is 65.4 Å². The van der Waals surface area contributed by atoms with Gasteiger partial charge in [0, 0.05) is 121 Å². The molecule has 0 aliphatic carbocycles. The van der Waals surface area contributed by atoms with Gasteiger partial charge in [0.05, 0.1) is 17.1 Å². The quantitative estimate of drug-likeness (QED) is 0.120. The number of phenols is 3. The maximum atomic E-state index is 11.9. The van der Waals surface area contributed by atoms with Crippen molar-refractivity contribution in [2.45, 2.75) is 223 Å². The van der Waals surface area contributed by atoms with Crippen molar-refractivity contribution in [3.8, 4) is 102 Å². The van der Waals surface area contributed by atoms with E-state index >= 15 is 0 Å². The maximum absolute atomic E-state index is 11.9. The normalized spacial score (nSPS) is 12.3. The number of rotatable bonds is 9. The summed E-state index contributed by atoms with van der Waals surface area (Å²) in [6.45, 7) is 57.0. The molecule has 3 N–H and O–H groups in total. The minimum absolute atomic E-state index is 0. The molecule has 0 aliphatic heterocycles. The molecule has 0 radical (unpaired) electrons. The van der Waals surface area contributed by atoms with E-state index in [4.69, 9.17) is 29.9 Å². The van der Waals surface area contributed by atoms with E-state index < -0.39 is 0 Å². The molecule has 12 nitrogen and oxygen atoms in total. The summed E-state index contributed by atoms with van der Waals surface area (Å²) in [4.78, 5) is 29.9. The van der Waals surface area contributed by atoms with Crippen LogP contribution in [0.1, 0.15) is 222 Å². The Morgan fingerprint density at radius 2 is 0.549 bits per heavy atom. The Kier molecular flexibility index (Phi) is 27.8. The Bertz CT molecular complexity index is 7460. The number of aromatic hydroxyl groups is 3. The zero-order valence-corrected chi connectivity index (χ0v) is 88.3. The van der Waals surface area contributed by atoms with Crippen molar-refractivity contribution in [1.29, 1.82) is 0 Å². The maximum Gasteiger partial charge on any atom is 0.137 e. The van der Waals surface area contributed by atoms with Gasteiger partial charge in [0.2, 0.25) is 0 Å². The predicted octanol–water partition coefficient (Wildman–Crippen LogP) is 30.2. The first-order valence-corrected chi connectivity index (χ1v) is 45.4. The average Bonchev–Trinajstić information content (AvgIpc) is 1.54. The molecule has 15 heteroatoms. The molecule has 18 rings (SSSR count). The molecule has 9 aromatic heterocycles. The first-order valence-electron chi connectivity index (χ1n) is 45.4. The molecule has 0 spiro atoms. The standard InChI is InChI=1S/C44H50N3O.C38H38N3O.C36H34N3O.3Pt/c1-41(2,3)28-19-20-45-35(24-28)27-17-18-32-31-15-13-14-16-37(31)47(38(32)21-27)39-26-30(43(7,8)9)25-36(46-39)33-22-29(42(4,5)6)23-34(40(33)48)44(10,11)12;1-23-17-24(2)36(42)30(18-23)32-21-27(38(6,7)8)22-35(40-32)41-33-12-10-9-11-28(33)29-14-13-25(19-34(29)41)31-20-26(15-16-39-31)37(3,4)5;1-35(2,3)24-17-18-37-29(20-24)23-15-16-27-26-11-7-9-13-31(26)39(32(27)19-23)34-22-25(36(4,5)6)21-30(38-34)28-12-8-10-14-33(28)40;;;/h13-20,22-26,48H,1-12H3;9-18,20-22,42H,1-8H3;7-18,20-22,40H,1-6H3;;;/q3*-1;;;. The van der Waals surface area contributed by atoms with E-state index in [1.165, 1.54) is 22.3 Å². The molecule has 0 saturated heterocycles. The number of benzene rings is 9. The molecular weight excluding hydrogens is 2180 g/mol. The molecule has 0 amide bonds. The molecule has 0 aliphatic rings. The molecule has 0 bridgehead atoms. The van der Waals surface area contributed by atoms with Gasteiger partial charge >= 0.3 is 0 Å². The van der Waals surface area contributed by atoms with Gasteiger partial charge in [0.15, 0.2) is 0 Å². The largest absolute Gasteiger partial charge is 0.507 e. The number of nitrogens with zero attached hydrogens (tertiary/aromatic N) is 9. The summed E-state index contributed by atoms with van der Waals surface area (Å²) < 4.78 is 6.64. The Morgan fingerprint density at radius 1 is 0.256 bits per heavy atom. The summed E-state index contributed by atoms with van der Waals surface area (Å²) in [6, 6.07) is 90.8. The van der Waals surface area contributed by atoms with Crippen LogP contribution in [0.25, 0.3) is 150 Å². The smallest absolute Gasteiger partial charge is 0.137 e. The summed E-state index contributed by atoms with van der Waals surface area (Å²) in [7, 11) is 0. The van der Waals surface area contributed by atoms with Crippen molar-refractivity contribution in [3.05, 3.63) is 323 Å². The number of para-hydroxylation sites is 4. The van der Waals surface area contributed by atoms with Gasteiger partial charge < -0.3 is 44.0 Å². The van der Waals surface area contributed by atoms with Gasteiger partial charge in [-0.3, -0.25) is 0 Å². The second kappa shape index (κ2) is 37.2. The van der Waals surface area contributed by atoms with Crippen LogP contribution in [0, 0.1) is 32.0 Å². The molecule has 0 saturated carbocycles. The molecule has 690 valence electrons. The Labute approximate surface area is 829 Å². The van der Waals surface area contributed by atoms with Crippen LogP contribution in [0.15, 0.2) is 249 Å². The third kappa shape index (κ3) is 20.3. The van der Waals surface area contributed by atoms with Gasteiger partial charge in [0.25, 0.3) is 0 Å². The van der Waals surface area contributed by atoms with Crippen LogP contribution in [-0.4, -0.2) is 58.9 Å². The van der Waals surface area contributed by atoms with Crippen molar-refractivity contribution in [2.75, 3.05) is 0 Å². The fourth-order valence-electron chi connectivity index (χ4n) is 17.3. The molecule has 18 aromatic rings. The number of fused-ring (bicyclic) bond motifs is 9. The van der Waals surface area contributed by atoms with E-state index in [0.717, 1.165) is 178 Å². The van der Waals surface area contributed by atoms with Crippen LogP contribution < -0.4 is 0 Å². The first-order chi connectivity index (χ1) is 61.0. The summed E-state index contributed by atoms with van der Waals surface area (Å²) in [6.07, 6.45) is 5.67. The summed E-state index contributed by atoms with van der Waals surface area (Å²) >= 11 is 0. The number of aryl methyl sites for hydroxylation is 2. The van der Waals surface area contributed by atoms with E-state index in [1.54, 1.807) is 6.07 Å². The monoisotopic (exact) mass is 2300 g/mol. The van der Waals surface area contributed by atoms with Crippen LogP contribution in [0.3, 0.4) is 0 Å². The predicted molar refractivity (Wildman–Crippen MR) is 542 cm³/mol. The van der Waals surface area contributed by atoms with Gasteiger partial charge in [-0.05, 0) is 254 Å². The number of hydrogen-bond donors (Lipinski definition) is 3. The molecule has 0 atom stereocenters. The summed E-state index contributed by atoms with van der Waals surface area (Å²) in [5.74, 6) is 3.17. The summed E-state index contributed by atoms with van der Waals surface area (Å²) in [5, 5.41) is 40.5. The molecule has 0 fully saturated rings. The first kappa shape index (κ1) is 99.2. The summed E-state index contributed by atoms with van der Waals surface area (Å²) in [5.41, 5.74) is 26.4. The zero-order chi connectivity index (χ0) is 93.2. The fourth-order valence-corrected chi connectivity index (χ4v) is 17.3. The Balaban J connectivity index is 0.000000168. The number of phenolic OH excluding ortho intramolecular Hbond substituents is 3. The van der Waals surface area contributed by atoms with Crippen molar-refractivity contribution in [2.24, 2.45) is 0 Å². The van der Waals surface area contributed by atoms with E-state index in [1.807, 2.05) is 55.8 Å². The molecule has 9 heterocycles. The average molecular weight is 2300 g/mol. The van der Waals surface area contributed by atoms with Gasteiger partial charge in [-0.15, -0.1) is 71.3 Å². The number of pyridine rings is 6. The minimum Gasteiger partial charge on any atom is -0.507 e. The van der Waals surface area contributed by atoms with Crippen LogP contribution >= 0.6 is 0 Å². The zero-order valence-electron chi connectivity index (χ0n) is 81.5. The van der Waals surface area contributed by atoms with Gasteiger partial charge in [0.1, 0.15) is 34.7 Å². The third-order valence-corrected chi connectivity index (χ3v) is 25.1. The van der Waals surface area contributed by atoms with E-state index in [-0.39, 0.29) is 118 Å². The Hall–Kier alpha value is -11.3. The second-order valence-electron chi connectivity index (χ2n) is 43.5. The molecule has 133 heavy (non-hydrogen) atoms. The number of hydrogen-bond acceptors (Lipinski definition) is 9. The van der Waals surface area contributed by atoms with E-state index in [9.17, 15) is 15.3 Å². The fraction of sp³-hybridized carbons (Fsp3) is 0.288. The third-order valence-electron chi connectivity index (χ3n) is 25.1. The number of aromatic nitrogens is 9. The van der Waals surface area contributed by atoms with Crippen LogP contribution in [0.2, 0.25) is 0 Å². The Morgan fingerprint density at radius 3 is 0.872 bits per heavy atom.